The Labute approximate surface area is 334 Å². The van der Waals surface area contributed by atoms with E-state index in [1.54, 1.807) is 0 Å². The van der Waals surface area contributed by atoms with E-state index in [-0.39, 0.29) is 46.8 Å². The molecule has 7 aliphatic rings. The largest absolute Gasteiger partial charge is 0.462 e. The lowest BCUT2D eigenvalue weighted by molar-refractivity contribution is -0.329. The van der Waals surface area contributed by atoms with E-state index < -0.39 is 110 Å². The van der Waals surface area contributed by atoms with Crippen molar-refractivity contribution in [3.05, 3.63) is 24.3 Å². The maximum absolute atomic E-state index is 14.9. The standard InChI is InChI=1S/C42H64O15/c1-18(2)20-8-11-42(38(52)57-37-34(51)32(49)30(47)25(56-37)17-53-36-33(50)31(48)29(46)24(16-43)55-36)13-12-39(5)22(28(20)42)14-23-35-40(39,6)10-9-21(19(3)4)41(35,7)26(44)15-27(45)54-23/h20-26,28-37,43-44,46-51H,1,3,8-17H2,2,4-7H3/t20-,21-,22+,23+,24+,25+,26+,28+,29+,30+,31-,32-,33+,34+,35-,36+,37-,39+,40+,41+,42-/m0/s1. The number of rotatable bonds is 8. The molecule has 21 atom stereocenters. The van der Waals surface area contributed by atoms with Gasteiger partial charge in [0.15, 0.2) is 6.29 Å². The third-order valence-electron chi connectivity index (χ3n) is 16.7. The zero-order valence-corrected chi connectivity index (χ0v) is 33.7. The fourth-order valence-electron chi connectivity index (χ4n) is 13.5. The normalized spacial score (nSPS) is 53.4. The molecule has 0 aromatic carbocycles. The van der Waals surface area contributed by atoms with Gasteiger partial charge in [0, 0.05) is 11.3 Å². The SMILES string of the molecule is C=C(C)[C@@H]1CC[C@]2(C(=O)O[C@@H]3O[C@H](CO[C@@H]4O[C@H](CO)[C@@H](O)[C@H](O)[C@H]4O)[C@@H](O)[C@H](O)[C@H]3O)CC[C@]3(C)[C@H](C[C@H]4OC(=O)C[C@@H](O)[C@]5(C)[C@@H]4[C@@]3(C)CC[C@H]5C(=C)C)[C@@H]12. The fraction of sp³-hybridized carbons (Fsp3) is 0.857. The summed E-state index contributed by atoms with van der Waals surface area (Å²) in [5.74, 6) is -1.68. The molecule has 0 radical (unpaired) electrons. The Morgan fingerprint density at radius 1 is 0.789 bits per heavy atom. The van der Waals surface area contributed by atoms with E-state index in [2.05, 4.69) is 33.9 Å². The van der Waals surface area contributed by atoms with E-state index in [1.165, 1.54) is 0 Å². The Morgan fingerprint density at radius 3 is 2.05 bits per heavy atom. The van der Waals surface area contributed by atoms with Crippen molar-refractivity contribution in [2.75, 3.05) is 13.2 Å². The fourth-order valence-corrected chi connectivity index (χ4v) is 13.5. The summed E-state index contributed by atoms with van der Waals surface area (Å²) in [6.45, 7) is 18.1. The van der Waals surface area contributed by atoms with Crippen LogP contribution in [0.3, 0.4) is 0 Å². The molecule has 0 bridgehead atoms. The second kappa shape index (κ2) is 15.2. The van der Waals surface area contributed by atoms with Gasteiger partial charge >= 0.3 is 11.9 Å². The summed E-state index contributed by atoms with van der Waals surface area (Å²) in [7, 11) is 0. The van der Waals surface area contributed by atoms with Crippen molar-refractivity contribution >= 4 is 11.9 Å². The molecule has 15 nitrogen and oxygen atoms in total. The number of hydrogen-bond acceptors (Lipinski definition) is 15. The predicted octanol–water partition coefficient (Wildman–Crippen LogP) is 0.854. The molecule has 322 valence electrons. The van der Waals surface area contributed by atoms with Gasteiger partial charge in [-0.05, 0) is 93.3 Å². The van der Waals surface area contributed by atoms with Gasteiger partial charge in [0.1, 0.15) is 54.9 Å². The number of aliphatic hydroxyl groups is 8. The van der Waals surface area contributed by atoms with Crippen LogP contribution in [0.15, 0.2) is 24.3 Å². The van der Waals surface area contributed by atoms with Crippen LogP contribution in [0.4, 0.5) is 0 Å². The summed E-state index contributed by atoms with van der Waals surface area (Å²) in [4.78, 5) is 28.2. The first kappa shape index (κ1) is 43.1. The van der Waals surface area contributed by atoms with Gasteiger partial charge in [0.05, 0.1) is 31.2 Å². The topological polar surface area (TPSA) is 242 Å². The molecular weight excluding hydrogens is 744 g/mol. The summed E-state index contributed by atoms with van der Waals surface area (Å²) < 4.78 is 29.3. The first-order valence-electron chi connectivity index (χ1n) is 20.7. The van der Waals surface area contributed by atoms with Crippen molar-refractivity contribution in [1.29, 1.82) is 0 Å². The van der Waals surface area contributed by atoms with Crippen LogP contribution in [0.2, 0.25) is 0 Å². The van der Waals surface area contributed by atoms with E-state index in [0.29, 0.717) is 32.1 Å². The molecule has 8 N–H and O–H groups in total. The molecule has 0 amide bonds. The third-order valence-corrected chi connectivity index (χ3v) is 16.7. The smallest absolute Gasteiger partial charge is 0.314 e. The second-order valence-electron chi connectivity index (χ2n) is 19.3. The molecule has 0 unspecified atom stereocenters. The molecule has 4 aliphatic carbocycles. The van der Waals surface area contributed by atoms with Gasteiger partial charge in [-0.25, -0.2) is 0 Å². The molecule has 15 heteroatoms. The van der Waals surface area contributed by atoms with Crippen LogP contribution >= 0.6 is 0 Å². The molecule has 3 aliphatic heterocycles. The zero-order chi connectivity index (χ0) is 41.7. The highest BCUT2D eigenvalue weighted by molar-refractivity contribution is 5.78. The summed E-state index contributed by atoms with van der Waals surface area (Å²) in [6, 6.07) is 0. The Morgan fingerprint density at radius 2 is 1.42 bits per heavy atom. The van der Waals surface area contributed by atoms with Crippen LogP contribution in [0, 0.1) is 51.2 Å². The number of ether oxygens (including phenoxy) is 5. The number of hydrogen-bond donors (Lipinski definition) is 8. The van der Waals surface area contributed by atoms with E-state index in [1.807, 2.05) is 13.8 Å². The Kier molecular flexibility index (Phi) is 11.5. The quantitative estimate of drug-likeness (QED) is 0.125. The van der Waals surface area contributed by atoms with Crippen molar-refractivity contribution < 1.29 is 74.1 Å². The van der Waals surface area contributed by atoms with Crippen molar-refractivity contribution in [3.8, 4) is 0 Å². The van der Waals surface area contributed by atoms with Gasteiger partial charge in [0.25, 0.3) is 0 Å². The maximum Gasteiger partial charge on any atom is 0.314 e. The highest BCUT2D eigenvalue weighted by Crippen LogP contribution is 2.77. The average molecular weight is 809 g/mol. The minimum Gasteiger partial charge on any atom is -0.462 e. The minimum absolute atomic E-state index is 0.00254. The van der Waals surface area contributed by atoms with E-state index in [0.717, 1.165) is 24.0 Å². The number of aliphatic hydroxyl groups excluding tert-OH is 8. The molecule has 7 fully saturated rings. The molecule has 57 heavy (non-hydrogen) atoms. The van der Waals surface area contributed by atoms with E-state index in [4.69, 9.17) is 23.7 Å². The van der Waals surface area contributed by atoms with Gasteiger partial charge in [-0.1, -0.05) is 45.1 Å². The lowest BCUT2D eigenvalue weighted by atomic mass is 9.33. The Bertz CT molecular complexity index is 1590. The maximum atomic E-state index is 14.9. The summed E-state index contributed by atoms with van der Waals surface area (Å²) in [5, 5.41) is 85.0. The number of fused-ring (bicyclic) bond motifs is 4. The molecule has 0 spiro atoms. The van der Waals surface area contributed by atoms with Crippen LogP contribution in [0.5, 0.6) is 0 Å². The van der Waals surface area contributed by atoms with Crippen LogP contribution in [0.25, 0.3) is 0 Å². The Balaban J connectivity index is 1.17. The number of allylic oxidation sites excluding steroid dienone is 2. The van der Waals surface area contributed by atoms with Crippen LogP contribution in [0.1, 0.15) is 86.0 Å². The highest BCUT2D eigenvalue weighted by Gasteiger charge is 2.75. The number of carbonyl (C=O) groups is 2. The Hall–Kier alpha value is -2.02. The monoisotopic (exact) mass is 808 g/mol. The molecule has 3 saturated heterocycles. The van der Waals surface area contributed by atoms with Crippen LogP contribution in [-0.2, 0) is 33.3 Å². The van der Waals surface area contributed by atoms with Crippen molar-refractivity contribution in [3.63, 3.8) is 0 Å². The first-order valence-corrected chi connectivity index (χ1v) is 20.7. The minimum atomic E-state index is -1.83. The summed E-state index contributed by atoms with van der Waals surface area (Å²) >= 11 is 0. The predicted molar refractivity (Wildman–Crippen MR) is 199 cm³/mol. The first-order chi connectivity index (χ1) is 26.7. The molecular formula is C42H64O15. The van der Waals surface area contributed by atoms with Gasteiger partial charge in [-0.15, -0.1) is 0 Å². The van der Waals surface area contributed by atoms with Crippen molar-refractivity contribution in [1.82, 2.24) is 0 Å². The molecule has 4 saturated carbocycles. The molecule has 0 aromatic heterocycles. The van der Waals surface area contributed by atoms with Crippen LogP contribution in [-0.4, -0.2) is 140 Å². The number of carbonyl (C=O) groups excluding carboxylic acids is 2. The lowest BCUT2D eigenvalue weighted by Crippen LogP contribution is -2.69. The van der Waals surface area contributed by atoms with Gasteiger partial charge in [0.2, 0.25) is 6.29 Å². The van der Waals surface area contributed by atoms with Gasteiger partial charge in [-0.2, -0.15) is 0 Å². The third kappa shape index (κ3) is 6.40. The van der Waals surface area contributed by atoms with Crippen molar-refractivity contribution in [2.24, 2.45) is 51.2 Å². The lowest BCUT2D eigenvalue weighted by Gasteiger charge is -2.71. The van der Waals surface area contributed by atoms with Crippen molar-refractivity contribution in [2.45, 2.75) is 160 Å². The van der Waals surface area contributed by atoms with Gasteiger partial charge < -0.3 is 64.5 Å². The summed E-state index contributed by atoms with van der Waals surface area (Å²) in [5.41, 5.74) is -0.531. The highest BCUT2D eigenvalue weighted by atomic mass is 16.7. The van der Waals surface area contributed by atoms with Gasteiger partial charge in [-0.3, -0.25) is 9.59 Å². The molecule has 3 heterocycles. The second-order valence-corrected chi connectivity index (χ2v) is 19.3. The van der Waals surface area contributed by atoms with E-state index >= 15 is 0 Å². The summed E-state index contributed by atoms with van der Waals surface area (Å²) in [6.07, 6.45) is -13.5. The molecule has 7 rings (SSSR count). The van der Waals surface area contributed by atoms with Crippen LogP contribution < -0.4 is 0 Å². The zero-order valence-electron chi connectivity index (χ0n) is 33.7. The molecule has 0 aromatic rings. The van der Waals surface area contributed by atoms with E-state index in [9.17, 15) is 50.4 Å². The number of esters is 2. The average Bonchev–Trinajstić information content (AvgIpc) is 3.52.